The predicted molar refractivity (Wildman–Crippen MR) is 50.2 cm³/mol. The van der Waals surface area contributed by atoms with Gasteiger partial charge in [-0.3, -0.25) is 4.79 Å². The van der Waals surface area contributed by atoms with Crippen molar-refractivity contribution in [1.29, 1.82) is 0 Å². The Morgan fingerprint density at radius 2 is 2.14 bits per heavy atom. The van der Waals surface area contributed by atoms with Crippen molar-refractivity contribution in [2.75, 3.05) is 5.75 Å². The fourth-order valence-corrected chi connectivity index (χ4v) is 1.84. The molecule has 0 bridgehead atoms. The van der Waals surface area contributed by atoms with Gasteiger partial charge < -0.3 is 10.2 Å². The van der Waals surface area contributed by atoms with Crippen LogP contribution in [0.25, 0.3) is 0 Å². The average molecular weight is 223 g/mol. The molecule has 0 aromatic carbocycles. The monoisotopic (exact) mass is 223 g/mol. The molecule has 0 unspecified atom stereocenters. The molecule has 0 aliphatic heterocycles. The number of hydrogen-bond acceptors (Lipinski definition) is 4. The molecule has 0 radical (unpaired) electrons. The lowest BCUT2D eigenvalue weighted by atomic mass is 10.2. The predicted octanol–water partition coefficient (Wildman–Crippen LogP) is -1.07. The van der Waals surface area contributed by atoms with Crippen molar-refractivity contribution < 1.29 is 23.4 Å². The number of aliphatic hydroxyl groups is 1. The molecule has 82 valence electrons. The summed E-state index contributed by atoms with van der Waals surface area (Å²) in [5, 5.41) is 17.5. The first-order valence-corrected chi connectivity index (χ1v) is 5.47. The standard InChI is InChI=1S/C7H13NO5S/c1-3-4-14(12,13)8-6(5(2)9)7(10)11/h3,5-6,8-9H,1,4H2,2H3,(H,10,11)/t5-,6+/m1/s1. The summed E-state index contributed by atoms with van der Waals surface area (Å²) in [4.78, 5) is 10.5. The van der Waals surface area contributed by atoms with E-state index in [-0.39, 0.29) is 5.75 Å². The van der Waals surface area contributed by atoms with Gasteiger partial charge in [0.2, 0.25) is 10.0 Å². The second kappa shape index (κ2) is 5.08. The maximum absolute atomic E-state index is 11.1. The van der Waals surface area contributed by atoms with E-state index in [1.807, 2.05) is 4.72 Å². The lowest BCUT2D eigenvalue weighted by molar-refractivity contribution is -0.141. The van der Waals surface area contributed by atoms with Gasteiger partial charge in [-0.05, 0) is 6.92 Å². The molecule has 0 fully saturated rings. The van der Waals surface area contributed by atoms with E-state index in [4.69, 9.17) is 10.2 Å². The first-order valence-electron chi connectivity index (χ1n) is 3.82. The van der Waals surface area contributed by atoms with Crippen molar-refractivity contribution in [3.8, 4) is 0 Å². The molecule has 0 saturated carbocycles. The Kier molecular flexibility index (Phi) is 4.75. The van der Waals surface area contributed by atoms with E-state index >= 15 is 0 Å². The van der Waals surface area contributed by atoms with Gasteiger partial charge in [0, 0.05) is 0 Å². The molecule has 0 rings (SSSR count). The van der Waals surface area contributed by atoms with Gasteiger partial charge in [0.05, 0.1) is 11.9 Å². The minimum absolute atomic E-state index is 0.385. The number of rotatable bonds is 6. The van der Waals surface area contributed by atoms with E-state index in [9.17, 15) is 13.2 Å². The summed E-state index contributed by atoms with van der Waals surface area (Å²) < 4.78 is 24.0. The van der Waals surface area contributed by atoms with Crippen LogP contribution in [-0.2, 0) is 14.8 Å². The maximum atomic E-state index is 11.1. The molecule has 0 amide bonds. The van der Waals surface area contributed by atoms with Crippen LogP contribution in [0.4, 0.5) is 0 Å². The van der Waals surface area contributed by atoms with Gasteiger partial charge >= 0.3 is 5.97 Å². The summed E-state index contributed by atoms with van der Waals surface area (Å²) in [6.45, 7) is 4.40. The Hall–Kier alpha value is -0.920. The van der Waals surface area contributed by atoms with Crippen LogP contribution in [0.15, 0.2) is 12.7 Å². The fourth-order valence-electron chi connectivity index (χ4n) is 0.752. The minimum atomic E-state index is -3.73. The summed E-state index contributed by atoms with van der Waals surface area (Å²) >= 11 is 0. The van der Waals surface area contributed by atoms with Gasteiger partial charge in [-0.2, -0.15) is 4.72 Å². The Balaban J connectivity index is 4.61. The quantitative estimate of drug-likeness (QED) is 0.497. The van der Waals surface area contributed by atoms with Gasteiger partial charge in [0.15, 0.2) is 0 Å². The third kappa shape index (κ3) is 4.35. The number of carboxylic acid groups (broad SMARTS) is 1. The molecule has 0 spiro atoms. The number of aliphatic hydroxyl groups excluding tert-OH is 1. The van der Waals surface area contributed by atoms with Crippen LogP contribution < -0.4 is 4.72 Å². The zero-order chi connectivity index (χ0) is 11.4. The number of carbonyl (C=O) groups is 1. The second-order valence-corrected chi connectivity index (χ2v) is 4.54. The van der Waals surface area contributed by atoms with Gasteiger partial charge in [-0.25, -0.2) is 8.42 Å². The smallest absolute Gasteiger partial charge is 0.324 e. The Morgan fingerprint density at radius 1 is 1.64 bits per heavy atom. The lowest BCUT2D eigenvalue weighted by Crippen LogP contribution is -2.48. The van der Waals surface area contributed by atoms with Gasteiger partial charge in [0.1, 0.15) is 6.04 Å². The zero-order valence-electron chi connectivity index (χ0n) is 7.67. The Bertz CT molecular complexity index is 308. The number of aliphatic carboxylic acids is 1. The molecule has 0 heterocycles. The molecule has 6 nitrogen and oxygen atoms in total. The molecule has 14 heavy (non-hydrogen) atoms. The minimum Gasteiger partial charge on any atom is -0.480 e. The first kappa shape index (κ1) is 13.1. The fraction of sp³-hybridized carbons (Fsp3) is 0.571. The van der Waals surface area contributed by atoms with Crippen LogP contribution in [0.1, 0.15) is 6.92 Å². The normalized spacial score (nSPS) is 15.9. The third-order valence-corrected chi connectivity index (χ3v) is 2.68. The van der Waals surface area contributed by atoms with E-state index in [0.717, 1.165) is 6.08 Å². The molecule has 0 aliphatic carbocycles. The number of hydrogen-bond donors (Lipinski definition) is 3. The molecular weight excluding hydrogens is 210 g/mol. The lowest BCUT2D eigenvalue weighted by Gasteiger charge is -2.16. The first-order chi connectivity index (χ1) is 6.30. The molecule has 0 aliphatic rings. The highest BCUT2D eigenvalue weighted by atomic mass is 32.2. The molecule has 0 aromatic heterocycles. The van der Waals surface area contributed by atoms with Crippen LogP contribution in [0.2, 0.25) is 0 Å². The van der Waals surface area contributed by atoms with Crippen molar-refractivity contribution in [3.05, 3.63) is 12.7 Å². The van der Waals surface area contributed by atoms with E-state index in [0.29, 0.717) is 0 Å². The second-order valence-electron chi connectivity index (χ2n) is 2.74. The third-order valence-electron chi connectivity index (χ3n) is 1.39. The highest BCUT2D eigenvalue weighted by Crippen LogP contribution is 1.97. The molecule has 0 aromatic rings. The van der Waals surface area contributed by atoms with Crippen LogP contribution >= 0.6 is 0 Å². The molecule has 3 N–H and O–H groups in total. The van der Waals surface area contributed by atoms with Crippen molar-refractivity contribution in [2.24, 2.45) is 0 Å². The highest BCUT2D eigenvalue weighted by Gasteiger charge is 2.27. The maximum Gasteiger partial charge on any atom is 0.324 e. The SMILES string of the molecule is C=CCS(=O)(=O)N[C@H](C(=O)O)[C@@H](C)O. The number of nitrogens with one attached hydrogen (secondary N) is 1. The van der Waals surface area contributed by atoms with Gasteiger partial charge in [0.25, 0.3) is 0 Å². The molecule has 0 saturated heterocycles. The summed E-state index contributed by atoms with van der Waals surface area (Å²) in [5.41, 5.74) is 0. The zero-order valence-corrected chi connectivity index (χ0v) is 8.49. The van der Waals surface area contributed by atoms with Crippen molar-refractivity contribution in [3.63, 3.8) is 0 Å². The topological polar surface area (TPSA) is 104 Å². The molecule has 7 heteroatoms. The van der Waals surface area contributed by atoms with E-state index < -0.39 is 28.1 Å². The van der Waals surface area contributed by atoms with Crippen molar-refractivity contribution in [1.82, 2.24) is 4.72 Å². The molecule has 2 atom stereocenters. The molecular formula is C7H13NO5S. The summed E-state index contributed by atoms with van der Waals surface area (Å²) in [5.74, 6) is -1.81. The largest absolute Gasteiger partial charge is 0.480 e. The van der Waals surface area contributed by atoms with Crippen LogP contribution in [-0.4, -0.2) is 42.5 Å². The van der Waals surface area contributed by atoms with Gasteiger partial charge in [-0.1, -0.05) is 6.08 Å². The van der Waals surface area contributed by atoms with E-state index in [1.54, 1.807) is 0 Å². The van der Waals surface area contributed by atoms with Crippen molar-refractivity contribution >= 4 is 16.0 Å². The van der Waals surface area contributed by atoms with Crippen LogP contribution in [0.5, 0.6) is 0 Å². The van der Waals surface area contributed by atoms with E-state index in [1.165, 1.54) is 6.92 Å². The Morgan fingerprint density at radius 3 is 2.43 bits per heavy atom. The number of sulfonamides is 1. The van der Waals surface area contributed by atoms with Crippen LogP contribution in [0.3, 0.4) is 0 Å². The highest BCUT2D eigenvalue weighted by molar-refractivity contribution is 7.89. The summed E-state index contributed by atoms with van der Waals surface area (Å²) in [6, 6.07) is -1.53. The summed E-state index contributed by atoms with van der Waals surface area (Å²) in [6.07, 6.45) is -0.171. The average Bonchev–Trinajstić information content (AvgIpc) is 1.99. The van der Waals surface area contributed by atoms with E-state index in [2.05, 4.69) is 6.58 Å². The Labute approximate surface area is 82.3 Å². The number of carboxylic acids is 1. The summed E-state index contributed by atoms with van der Waals surface area (Å²) in [7, 11) is -3.73. The van der Waals surface area contributed by atoms with Gasteiger partial charge in [-0.15, -0.1) is 6.58 Å². The van der Waals surface area contributed by atoms with Crippen molar-refractivity contribution in [2.45, 2.75) is 19.1 Å². The van der Waals surface area contributed by atoms with Crippen LogP contribution in [0, 0.1) is 0 Å².